The summed E-state index contributed by atoms with van der Waals surface area (Å²) in [5.41, 5.74) is 1.25. The standard InChI is InChI=1S/C12H14N2O2S/c15-11-7-14(12(16)6-13-11)9-2-1-3-10-8(9)4-5-17-10/h4-5,9H,1-3,6-7H2,(H,13,15). The van der Waals surface area contributed by atoms with Crippen molar-refractivity contribution in [3.63, 3.8) is 0 Å². The number of aryl methyl sites for hydroxylation is 1. The third-order valence-electron chi connectivity index (χ3n) is 3.47. The smallest absolute Gasteiger partial charge is 0.242 e. The van der Waals surface area contributed by atoms with Crippen molar-refractivity contribution in [3.05, 3.63) is 21.9 Å². The second-order valence-electron chi connectivity index (χ2n) is 4.51. The molecule has 1 aromatic rings. The molecule has 0 bridgehead atoms. The third-order valence-corrected chi connectivity index (χ3v) is 4.46. The maximum Gasteiger partial charge on any atom is 0.242 e. The molecular formula is C12H14N2O2S. The van der Waals surface area contributed by atoms with Gasteiger partial charge in [-0.3, -0.25) is 9.59 Å². The molecule has 0 spiro atoms. The molecule has 0 aromatic carbocycles. The van der Waals surface area contributed by atoms with E-state index in [4.69, 9.17) is 0 Å². The van der Waals surface area contributed by atoms with Gasteiger partial charge in [0.1, 0.15) is 6.54 Å². The van der Waals surface area contributed by atoms with Gasteiger partial charge in [-0.15, -0.1) is 11.3 Å². The van der Waals surface area contributed by atoms with Gasteiger partial charge in [-0.2, -0.15) is 0 Å². The lowest BCUT2D eigenvalue weighted by Gasteiger charge is -2.36. The Kier molecular flexibility index (Phi) is 2.63. The highest BCUT2D eigenvalue weighted by atomic mass is 32.1. The van der Waals surface area contributed by atoms with Crippen molar-refractivity contribution in [2.45, 2.75) is 25.3 Å². The summed E-state index contributed by atoms with van der Waals surface area (Å²) in [6.07, 6.45) is 3.18. The lowest BCUT2D eigenvalue weighted by Crippen LogP contribution is -2.52. The maximum atomic E-state index is 11.9. The molecule has 1 unspecified atom stereocenters. The Bertz CT molecular complexity index is 469. The highest BCUT2D eigenvalue weighted by Crippen LogP contribution is 2.37. The number of hydrogen-bond acceptors (Lipinski definition) is 3. The second kappa shape index (κ2) is 4.14. The second-order valence-corrected chi connectivity index (χ2v) is 5.51. The van der Waals surface area contributed by atoms with E-state index in [9.17, 15) is 9.59 Å². The van der Waals surface area contributed by atoms with Gasteiger partial charge in [0.2, 0.25) is 11.8 Å². The fourth-order valence-corrected chi connectivity index (χ4v) is 3.63. The van der Waals surface area contributed by atoms with Crippen molar-refractivity contribution in [1.29, 1.82) is 0 Å². The molecule has 2 heterocycles. The van der Waals surface area contributed by atoms with Gasteiger partial charge in [-0.05, 0) is 36.3 Å². The lowest BCUT2D eigenvalue weighted by molar-refractivity contribution is -0.143. The van der Waals surface area contributed by atoms with E-state index in [-0.39, 0.29) is 30.9 Å². The van der Waals surface area contributed by atoms with Crippen LogP contribution in [0.3, 0.4) is 0 Å². The first kappa shape index (κ1) is 10.8. The van der Waals surface area contributed by atoms with Crippen molar-refractivity contribution in [2.75, 3.05) is 13.1 Å². The van der Waals surface area contributed by atoms with E-state index >= 15 is 0 Å². The molecule has 1 fully saturated rings. The Morgan fingerprint density at radius 2 is 2.29 bits per heavy atom. The molecule has 3 rings (SSSR count). The van der Waals surface area contributed by atoms with E-state index in [1.165, 1.54) is 10.4 Å². The van der Waals surface area contributed by atoms with Crippen LogP contribution in [0.15, 0.2) is 11.4 Å². The Morgan fingerprint density at radius 1 is 1.41 bits per heavy atom. The largest absolute Gasteiger partial charge is 0.345 e. The highest BCUT2D eigenvalue weighted by Gasteiger charge is 2.33. The van der Waals surface area contributed by atoms with Crippen LogP contribution in [0.25, 0.3) is 0 Å². The van der Waals surface area contributed by atoms with E-state index in [1.807, 2.05) is 0 Å². The average molecular weight is 250 g/mol. The molecular weight excluding hydrogens is 236 g/mol. The van der Waals surface area contributed by atoms with E-state index in [1.54, 1.807) is 16.2 Å². The number of amides is 2. The minimum absolute atomic E-state index is 0.0358. The normalized spacial score (nSPS) is 24.5. The molecule has 1 aliphatic carbocycles. The molecule has 4 nitrogen and oxygen atoms in total. The molecule has 1 aromatic heterocycles. The van der Waals surface area contributed by atoms with Crippen molar-refractivity contribution in [1.82, 2.24) is 10.2 Å². The number of rotatable bonds is 1. The SMILES string of the molecule is O=C1CN(C2CCCc3sccc32)C(=O)CN1. The summed E-state index contributed by atoms with van der Waals surface area (Å²) in [5.74, 6) is -0.0133. The quantitative estimate of drug-likeness (QED) is 0.811. The van der Waals surface area contributed by atoms with Crippen LogP contribution >= 0.6 is 11.3 Å². The fourth-order valence-electron chi connectivity index (χ4n) is 2.64. The molecule has 0 radical (unpaired) electrons. The zero-order valence-electron chi connectivity index (χ0n) is 9.44. The first-order valence-corrected chi connectivity index (χ1v) is 6.76. The Hall–Kier alpha value is -1.36. The van der Waals surface area contributed by atoms with Gasteiger partial charge in [0.25, 0.3) is 0 Å². The fraction of sp³-hybridized carbons (Fsp3) is 0.500. The number of thiophene rings is 1. The van der Waals surface area contributed by atoms with E-state index in [0.29, 0.717) is 0 Å². The molecule has 90 valence electrons. The van der Waals surface area contributed by atoms with Crippen LogP contribution in [0.4, 0.5) is 0 Å². The number of carbonyl (C=O) groups is 2. The van der Waals surface area contributed by atoms with Gasteiger partial charge in [0.05, 0.1) is 12.6 Å². The number of hydrogen-bond donors (Lipinski definition) is 1. The average Bonchev–Trinajstić information content (AvgIpc) is 2.80. The van der Waals surface area contributed by atoms with Crippen LogP contribution in [0.2, 0.25) is 0 Å². The summed E-state index contributed by atoms with van der Waals surface area (Å²) in [6.45, 7) is 0.355. The minimum atomic E-state index is -0.0491. The van der Waals surface area contributed by atoms with Crippen molar-refractivity contribution in [2.24, 2.45) is 0 Å². The van der Waals surface area contributed by atoms with E-state index in [0.717, 1.165) is 19.3 Å². The van der Waals surface area contributed by atoms with Crippen LogP contribution in [-0.2, 0) is 16.0 Å². The number of nitrogens with one attached hydrogen (secondary N) is 1. The molecule has 1 atom stereocenters. The zero-order chi connectivity index (χ0) is 11.8. The highest BCUT2D eigenvalue weighted by molar-refractivity contribution is 7.10. The van der Waals surface area contributed by atoms with Crippen LogP contribution in [0.5, 0.6) is 0 Å². The molecule has 5 heteroatoms. The van der Waals surface area contributed by atoms with Crippen LogP contribution in [0.1, 0.15) is 29.3 Å². The van der Waals surface area contributed by atoms with E-state index < -0.39 is 0 Å². The van der Waals surface area contributed by atoms with Gasteiger partial charge in [-0.25, -0.2) is 0 Å². The Balaban J connectivity index is 1.90. The number of carbonyl (C=O) groups excluding carboxylic acids is 2. The van der Waals surface area contributed by atoms with Gasteiger partial charge in [0, 0.05) is 4.88 Å². The lowest BCUT2D eigenvalue weighted by atomic mass is 9.92. The maximum absolute atomic E-state index is 11.9. The minimum Gasteiger partial charge on any atom is -0.345 e. The predicted octanol–water partition coefficient (Wildman–Crippen LogP) is 1.08. The molecule has 2 aliphatic rings. The van der Waals surface area contributed by atoms with Gasteiger partial charge in [0.15, 0.2) is 0 Å². The van der Waals surface area contributed by atoms with Crippen molar-refractivity contribution < 1.29 is 9.59 Å². The number of nitrogens with zero attached hydrogens (tertiary/aromatic N) is 1. The van der Waals surface area contributed by atoms with Crippen molar-refractivity contribution in [3.8, 4) is 0 Å². The topological polar surface area (TPSA) is 49.4 Å². The van der Waals surface area contributed by atoms with E-state index in [2.05, 4.69) is 16.8 Å². The molecule has 0 saturated carbocycles. The van der Waals surface area contributed by atoms with Crippen molar-refractivity contribution >= 4 is 23.2 Å². The van der Waals surface area contributed by atoms with Gasteiger partial charge < -0.3 is 10.2 Å². The first-order valence-electron chi connectivity index (χ1n) is 5.88. The number of piperazine rings is 1. The van der Waals surface area contributed by atoms with Crippen LogP contribution in [0, 0.1) is 0 Å². The van der Waals surface area contributed by atoms with Crippen LogP contribution in [-0.4, -0.2) is 29.8 Å². The Morgan fingerprint density at radius 3 is 3.18 bits per heavy atom. The summed E-state index contributed by atoms with van der Waals surface area (Å²) in [6, 6.07) is 2.22. The molecule has 1 saturated heterocycles. The molecule has 1 aliphatic heterocycles. The zero-order valence-corrected chi connectivity index (χ0v) is 10.3. The summed E-state index contributed by atoms with van der Waals surface area (Å²) >= 11 is 1.76. The summed E-state index contributed by atoms with van der Waals surface area (Å²) in [4.78, 5) is 26.4. The molecule has 1 N–H and O–H groups in total. The molecule has 2 amide bonds. The monoisotopic (exact) mass is 250 g/mol. The predicted molar refractivity (Wildman–Crippen MR) is 64.7 cm³/mol. The summed E-state index contributed by atoms with van der Waals surface area (Å²) < 4.78 is 0. The van der Waals surface area contributed by atoms with Gasteiger partial charge in [-0.1, -0.05) is 0 Å². The summed E-state index contributed by atoms with van der Waals surface area (Å²) in [5, 5.41) is 4.67. The number of fused-ring (bicyclic) bond motifs is 1. The third kappa shape index (κ3) is 1.84. The Labute approximate surface area is 104 Å². The first-order chi connectivity index (χ1) is 8.25. The van der Waals surface area contributed by atoms with Crippen LogP contribution < -0.4 is 5.32 Å². The van der Waals surface area contributed by atoms with Gasteiger partial charge >= 0.3 is 0 Å². The molecule has 17 heavy (non-hydrogen) atoms. The summed E-state index contributed by atoms with van der Waals surface area (Å²) in [7, 11) is 0.